The summed E-state index contributed by atoms with van der Waals surface area (Å²) >= 11 is 0. The molecular weight excluding hydrogens is 251 g/mol. The van der Waals surface area contributed by atoms with Crippen molar-refractivity contribution in [3.8, 4) is 0 Å². The van der Waals surface area contributed by atoms with Crippen molar-refractivity contribution in [3.63, 3.8) is 0 Å². The molecule has 0 aliphatic heterocycles. The largest absolute Gasteiger partial charge is 0.396 e. The molecule has 0 bridgehead atoms. The fourth-order valence-electron chi connectivity index (χ4n) is 1.60. The van der Waals surface area contributed by atoms with Crippen molar-refractivity contribution in [2.45, 2.75) is 17.7 Å². The van der Waals surface area contributed by atoms with Gasteiger partial charge in [-0.15, -0.1) is 0 Å². The monoisotopic (exact) mass is 264 g/mol. The maximum atomic E-state index is 13.1. The summed E-state index contributed by atoms with van der Waals surface area (Å²) < 4.78 is 25.3. The van der Waals surface area contributed by atoms with Gasteiger partial charge in [-0.05, 0) is 42.3 Å². The number of benzene rings is 1. The predicted molar refractivity (Wildman–Crippen MR) is 69.9 cm³/mol. The summed E-state index contributed by atoms with van der Waals surface area (Å²) in [5.41, 5.74) is 7.72. The Morgan fingerprint density at radius 3 is 2.89 bits per heavy atom. The molecule has 2 N–H and O–H groups in total. The van der Waals surface area contributed by atoms with Crippen LogP contribution in [0, 0.1) is 12.7 Å². The van der Waals surface area contributed by atoms with Crippen molar-refractivity contribution in [2.24, 2.45) is 0 Å². The lowest BCUT2D eigenvalue weighted by atomic mass is 10.1. The van der Waals surface area contributed by atoms with Crippen molar-refractivity contribution in [3.05, 3.63) is 53.5 Å². The second-order valence-electron chi connectivity index (χ2n) is 3.96. The topological polar surface area (TPSA) is 56.0 Å². The molecule has 1 atom stereocenters. The van der Waals surface area contributed by atoms with Crippen molar-refractivity contribution < 1.29 is 8.60 Å². The molecule has 2 aromatic rings. The van der Waals surface area contributed by atoms with Crippen LogP contribution in [0.15, 0.2) is 41.6 Å². The minimum absolute atomic E-state index is 0.213. The molecule has 0 aliphatic carbocycles. The van der Waals surface area contributed by atoms with Gasteiger partial charge in [0.05, 0.1) is 22.2 Å². The van der Waals surface area contributed by atoms with Gasteiger partial charge in [-0.1, -0.05) is 6.07 Å². The number of hydrogen-bond donors (Lipinski definition) is 1. The molecule has 0 aliphatic rings. The van der Waals surface area contributed by atoms with E-state index in [9.17, 15) is 8.60 Å². The van der Waals surface area contributed by atoms with Crippen LogP contribution in [-0.2, 0) is 16.6 Å². The Bertz CT molecular complexity index is 601. The summed E-state index contributed by atoms with van der Waals surface area (Å²) in [6, 6.07) is 7.79. The van der Waals surface area contributed by atoms with Crippen molar-refractivity contribution in [1.82, 2.24) is 4.98 Å². The Hall–Kier alpha value is -1.75. The summed E-state index contributed by atoms with van der Waals surface area (Å²) in [7, 11) is -1.37. The number of pyridine rings is 1. The summed E-state index contributed by atoms with van der Waals surface area (Å²) in [6.07, 6.45) is 1.54. The first-order valence-electron chi connectivity index (χ1n) is 5.42. The van der Waals surface area contributed by atoms with Crippen LogP contribution in [-0.4, -0.2) is 9.19 Å². The van der Waals surface area contributed by atoms with Crippen LogP contribution in [0.3, 0.4) is 0 Å². The van der Waals surface area contributed by atoms with E-state index in [0.29, 0.717) is 16.3 Å². The van der Waals surface area contributed by atoms with Crippen molar-refractivity contribution >= 4 is 16.5 Å². The lowest BCUT2D eigenvalue weighted by Gasteiger charge is -2.07. The number of hydrogen-bond acceptors (Lipinski definition) is 3. The van der Waals surface area contributed by atoms with Gasteiger partial charge in [0.15, 0.2) is 0 Å². The molecule has 0 saturated heterocycles. The molecule has 0 radical (unpaired) electrons. The van der Waals surface area contributed by atoms with Gasteiger partial charge in [-0.2, -0.15) is 0 Å². The van der Waals surface area contributed by atoms with Gasteiger partial charge in [0, 0.05) is 6.20 Å². The van der Waals surface area contributed by atoms with Gasteiger partial charge >= 0.3 is 0 Å². The summed E-state index contributed by atoms with van der Waals surface area (Å²) in [5.74, 6) is -0.119. The Labute approximate surface area is 107 Å². The molecule has 1 unspecified atom stereocenters. The maximum Gasteiger partial charge on any atom is 0.150 e. The Balaban J connectivity index is 2.27. The van der Waals surface area contributed by atoms with Crippen LogP contribution in [0.4, 0.5) is 10.1 Å². The van der Waals surface area contributed by atoms with Crippen LogP contribution >= 0.6 is 0 Å². The molecule has 1 aromatic heterocycles. The molecule has 5 heteroatoms. The first kappa shape index (κ1) is 12.7. The zero-order valence-electron chi connectivity index (χ0n) is 9.89. The second kappa shape index (κ2) is 5.27. The smallest absolute Gasteiger partial charge is 0.150 e. The van der Waals surface area contributed by atoms with Crippen molar-refractivity contribution in [2.75, 3.05) is 5.73 Å². The van der Waals surface area contributed by atoms with E-state index in [4.69, 9.17) is 5.73 Å². The third-order valence-corrected chi connectivity index (χ3v) is 3.96. The number of nitrogens with two attached hydrogens (primary N) is 1. The van der Waals surface area contributed by atoms with E-state index in [2.05, 4.69) is 4.98 Å². The van der Waals surface area contributed by atoms with Crippen LogP contribution in [0.5, 0.6) is 0 Å². The highest BCUT2D eigenvalue weighted by Gasteiger charge is 2.11. The zero-order chi connectivity index (χ0) is 13.1. The highest BCUT2D eigenvalue weighted by atomic mass is 32.2. The molecule has 1 heterocycles. The predicted octanol–water partition coefficient (Wildman–Crippen LogP) is 2.42. The van der Waals surface area contributed by atoms with E-state index in [1.807, 2.05) is 6.92 Å². The average Bonchev–Trinajstić information content (AvgIpc) is 2.34. The fraction of sp³-hybridized carbons (Fsp3) is 0.154. The molecule has 0 fully saturated rings. The molecule has 0 spiro atoms. The lowest BCUT2D eigenvalue weighted by Crippen LogP contribution is -2.04. The van der Waals surface area contributed by atoms with Gasteiger partial charge in [-0.3, -0.25) is 4.21 Å². The molecule has 0 saturated carbocycles. The van der Waals surface area contributed by atoms with E-state index in [1.54, 1.807) is 24.4 Å². The highest BCUT2D eigenvalue weighted by molar-refractivity contribution is 7.84. The van der Waals surface area contributed by atoms with Gasteiger partial charge in [-0.25, -0.2) is 9.37 Å². The van der Waals surface area contributed by atoms with Gasteiger partial charge < -0.3 is 5.73 Å². The molecule has 1 aromatic carbocycles. The Kier molecular flexibility index (Phi) is 3.72. The SMILES string of the molecule is Cc1ccc(F)cc1CS(=O)c1ncccc1N. The number of halogens is 1. The number of anilines is 1. The van der Waals surface area contributed by atoms with Crippen LogP contribution < -0.4 is 5.73 Å². The summed E-state index contributed by atoms with van der Waals surface area (Å²) in [4.78, 5) is 4.01. The molecule has 18 heavy (non-hydrogen) atoms. The maximum absolute atomic E-state index is 13.1. The molecule has 2 rings (SSSR count). The number of aromatic nitrogens is 1. The molecule has 3 nitrogen and oxygen atoms in total. The molecule has 0 amide bonds. The Morgan fingerprint density at radius 1 is 1.39 bits per heavy atom. The third-order valence-electron chi connectivity index (χ3n) is 2.61. The number of aryl methyl sites for hydroxylation is 1. The fourth-order valence-corrected chi connectivity index (χ4v) is 2.84. The quantitative estimate of drug-likeness (QED) is 0.926. The van der Waals surface area contributed by atoms with Crippen molar-refractivity contribution in [1.29, 1.82) is 0 Å². The second-order valence-corrected chi connectivity index (χ2v) is 5.32. The van der Waals surface area contributed by atoms with Gasteiger partial charge in [0.1, 0.15) is 10.8 Å². The van der Waals surface area contributed by atoms with E-state index >= 15 is 0 Å². The van der Waals surface area contributed by atoms with Gasteiger partial charge in [0.25, 0.3) is 0 Å². The van der Waals surface area contributed by atoms with Gasteiger partial charge in [0.2, 0.25) is 0 Å². The van der Waals surface area contributed by atoms with E-state index in [0.717, 1.165) is 5.56 Å². The summed E-state index contributed by atoms with van der Waals surface area (Å²) in [5, 5.41) is 0.348. The summed E-state index contributed by atoms with van der Waals surface area (Å²) in [6.45, 7) is 1.85. The van der Waals surface area contributed by atoms with Crippen LogP contribution in [0.25, 0.3) is 0 Å². The minimum Gasteiger partial charge on any atom is -0.396 e. The van der Waals surface area contributed by atoms with E-state index in [-0.39, 0.29) is 11.6 Å². The van der Waals surface area contributed by atoms with Crippen LogP contribution in [0.2, 0.25) is 0 Å². The highest BCUT2D eigenvalue weighted by Crippen LogP contribution is 2.18. The first-order valence-corrected chi connectivity index (χ1v) is 6.73. The average molecular weight is 264 g/mol. The standard InChI is InChI=1S/C13H13FN2OS/c1-9-4-5-11(14)7-10(9)8-18(17)13-12(15)3-2-6-16-13/h2-7H,8,15H2,1H3. The molecule has 94 valence electrons. The number of nitrogens with zero attached hydrogens (tertiary/aromatic N) is 1. The van der Waals surface area contributed by atoms with Crippen LogP contribution in [0.1, 0.15) is 11.1 Å². The first-order chi connectivity index (χ1) is 8.58. The normalized spacial score (nSPS) is 12.3. The third kappa shape index (κ3) is 2.73. The number of rotatable bonds is 3. The van der Waals surface area contributed by atoms with E-state index in [1.165, 1.54) is 12.1 Å². The number of nitrogen functional groups attached to an aromatic ring is 1. The molecular formula is C13H13FN2OS. The minimum atomic E-state index is -1.37. The van der Waals surface area contributed by atoms with E-state index < -0.39 is 10.8 Å². The lowest BCUT2D eigenvalue weighted by molar-refractivity contribution is 0.625. The Morgan fingerprint density at radius 2 is 2.17 bits per heavy atom. The zero-order valence-corrected chi connectivity index (χ0v) is 10.7.